The van der Waals surface area contributed by atoms with Crippen molar-refractivity contribution in [2.24, 2.45) is 7.05 Å². The second kappa shape index (κ2) is 8.42. The highest BCUT2D eigenvalue weighted by Gasteiger charge is 2.35. The second-order valence-corrected chi connectivity index (χ2v) is 8.12. The molecule has 4 rings (SSSR count). The van der Waals surface area contributed by atoms with Gasteiger partial charge in [-0.1, -0.05) is 6.92 Å². The van der Waals surface area contributed by atoms with Crippen LogP contribution in [-0.2, 0) is 18.4 Å². The Kier molecular flexibility index (Phi) is 5.70. The number of hydrogen-bond acceptors (Lipinski definition) is 4. The SMILES string of the molecule is CCC(C)N(CC(=O)N(Cc1cccn1C)C1CC1)C(=O)c1ccc2c(c1)OCO2. The average Bonchev–Trinajstić information content (AvgIpc) is 3.34. The first-order valence-corrected chi connectivity index (χ1v) is 10.6. The standard InChI is InChI=1S/C23H29N3O4/c1-4-16(2)25(23(28)17-7-10-20-21(12-17)30-15-29-20)14-22(27)26(18-8-9-18)13-19-6-5-11-24(19)3/h5-7,10-12,16,18H,4,8-9,13-15H2,1-3H3. The molecule has 1 atom stereocenters. The van der Waals surface area contributed by atoms with Crippen molar-refractivity contribution in [3.05, 3.63) is 47.8 Å². The Hall–Kier alpha value is -2.96. The first kappa shape index (κ1) is 20.3. The Labute approximate surface area is 177 Å². The highest BCUT2D eigenvalue weighted by atomic mass is 16.7. The van der Waals surface area contributed by atoms with Crippen molar-refractivity contribution in [1.82, 2.24) is 14.4 Å². The molecule has 7 nitrogen and oxygen atoms in total. The molecule has 30 heavy (non-hydrogen) atoms. The molecular weight excluding hydrogens is 382 g/mol. The lowest BCUT2D eigenvalue weighted by atomic mass is 10.1. The number of aryl methyl sites for hydroxylation is 1. The van der Waals surface area contributed by atoms with Gasteiger partial charge < -0.3 is 23.8 Å². The Morgan fingerprint density at radius 2 is 1.97 bits per heavy atom. The molecule has 1 aliphatic heterocycles. The summed E-state index contributed by atoms with van der Waals surface area (Å²) in [5.74, 6) is 1.04. The molecule has 160 valence electrons. The van der Waals surface area contributed by atoms with Crippen molar-refractivity contribution in [1.29, 1.82) is 0 Å². The van der Waals surface area contributed by atoms with Crippen molar-refractivity contribution >= 4 is 11.8 Å². The third kappa shape index (κ3) is 4.15. The molecule has 0 radical (unpaired) electrons. The summed E-state index contributed by atoms with van der Waals surface area (Å²) in [6, 6.07) is 9.42. The van der Waals surface area contributed by atoms with Crippen molar-refractivity contribution in [2.75, 3.05) is 13.3 Å². The molecule has 1 aromatic heterocycles. The van der Waals surface area contributed by atoms with Gasteiger partial charge in [0.2, 0.25) is 12.7 Å². The number of fused-ring (bicyclic) bond motifs is 1. The van der Waals surface area contributed by atoms with E-state index in [0.717, 1.165) is 25.0 Å². The van der Waals surface area contributed by atoms with E-state index in [9.17, 15) is 9.59 Å². The molecule has 2 aliphatic rings. The van der Waals surface area contributed by atoms with Gasteiger partial charge >= 0.3 is 0 Å². The molecule has 2 amide bonds. The fraction of sp³-hybridized carbons (Fsp3) is 0.478. The molecule has 2 heterocycles. The van der Waals surface area contributed by atoms with Gasteiger partial charge in [-0.05, 0) is 56.5 Å². The topological polar surface area (TPSA) is 64.0 Å². The normalized spacial score (nSPS) is 15.7. The molecule has 1 saturated carbocycles. The van der Waals surface area contributed by atoms with Crippen molar-refractivity contribution in [3.63, 3.8) is 0 Å². The van der Waals surface area contributed by atoms with Crippen LogP contribution in [-0.4, -0.2) is 51.6 Å². The van der Waals surface area contributed by atoms with Gasteiger partial charge in [0.05, 0.1) is 6.54 Å². The summed E-state index contributed by atoms with van der Waals surface area (Å²) in [6.45, 7) is 4.81. The Bertz CT molecular complexity index is 934. The van der Waals surface area contributed by atoms with Crippen molar-refractivity contribution in [2.45, 2.75) is 51.7 Å². The lowest BCUT2D eigenvalue weighted by Crippen LogP contribution is -2.47. The van der Waals surface area contributed by atoms with Gasteiger partial charge in [-0.3, -0.25) is 9.59 Å². The summed E-state index contributed by atoms with van der Waals surface area (Å²) in [6.07, 6.45) is 4.80. The molecule has 1 unspecified atom stereocenters. The van der Waals surface area contributed by atoms with Gasteiger partial charge in [-0.2, -0.15) is 0 Å². The largest absolute Gasteiger partial charge is 0.454 e. The van der Waals surface area contributed by atoms with Crippen LogP contribution in [0, 0.1) is 0 Å². The van der Waals surface area contributed by atoms with Crippen LogP contribution in [0.5, 0.6) is 11.5 Å². The average molecular weight is 412 g/mol. The quantitative estimate of drug-likeness (QED) is 0.669. The zero-order chi connectivity index (χ0) is 21.3. The smallest absolute Gasteiger partial charge is 0.254 e. The first-order valence-electron chi connectivity index (χ1n) is 10.6. The van der Waals surface area contributed by atoms with E-state index in [1.165, 1.54) is 0 Å². The predicted molar refractivity (Wildman–Crippen MR) is 112 cm³/mol. The van der Waals surface area contributed by atoms with Gasteiger partial charge in [0.1, 0.15) is 6.54 Å². The van der Waals surface area contributed by atoms with Crippen LogP contribution in [0.25, 0.3) is 0 Å². The molecular formula is C23H29N3O4. The van der Waals surface area contributed by atoms with Crippen LogP contribution in [0.15, 0.2) is 36.5 Å². The second-order valence-electron chi connectivity index (χ2n) is 8.12. The van der Waals surface area contributed by atoms with E-state index >= 15 is 0 Å². The summed E-state index contributed by atoms with van der Waals surface area (Å²) in [5.41, 5.74) is 1.60. The fourth-order valence-electron chi connectivity index (χ4n) is 3.72. The molecule has 1 aliphatic carbocycles. The van der Waals surface area contributed by atoms with Crippen LogP contribution in [0.1, 0.15) is 49.2 Å². The molecule has 0 N–H and O–H groups in total. The molecule has 2 aromatic rings. The van der Waals surface area contributed by atoms with E-state index in [0.29, 0.717) is 23.6 Å². The summed E-state index contributed by atoms with van der Waals surface area (Å²) in [7, 11) is 1.99. The summed E-state index contributed by atoms with van der Waals surface area (Å²) < 4.78 is 12.8. The highest BCUT2D eigenvalue weighted by Crippen LogP contribution is 2.33. The number of carbonyl (C=O) groups is 2. The van der Waals surface area contributed by atoms with E-state index < -0.39 is 0 Å². The Balaban J connectivity index is 1.52. The monoisotopic (exact) mass is 411 g/mol. The lowest BCUT2D eigenvalue weighted by molar-refractivity contribution is -0.133. The summed E-state index contributed by atoms with van der Waals surface area (Å²) in [5, 5.41) is 0. The minimum absolute atomic E-state index is 0.00640. The number of rotatable bonds is 8. The summed E-state index contributed by atoms with van der Waals surface area (Å²) in [4.78, 5) is 30.2. The number of carbonyl (C=O) groups excluding carboxylic acids is 2. The zero-order valence-electron chi connectivity index (χ0n) is 17.8. The summed E-state index contributed by atoms with van der Waals surface area (Å²) >= 11 is 0. The third-order valence-corrected chi connectivity index (χ3v) is 6.00. The lowest BCUT2D eigenvalue weighted by Gasteiger charge is -2.31. The number of nitrogens with zero attached hydrogens (tertiary/aromatic N) is 3. The third-order valence-electron chi connectivity index (χ3n) is 6.00. The maximum atomic E-state index is 13.3. The van der Waals surface area contributed by atoms with Gasteiger partial charge in [-0.15, -0.1) is 0 Å². The van der Waals surface area contributed by atoms with Crippen LogP contribution in [0.2, 0.25) is 0 Å². The molecule has 1 fully saturated rings. The van der Waals surface area contributed by atoms with Gasteiger partial charge in [0.25, 0.3) is 5.91 Å². The van der Waals surface area contributed by atoms with Crippen LogP contribution >= 0.6 is 0 Å². The maximum absolute atomic E-state index is 13.3. The molecule has 0 bridgehead atoms. The molecule has 0 spiro atoms. The van der Waals surface area contributed by atoms with Crippen LogP contribution in [0.3, 0.4) is 0 Å². The maximum Gasteiger partial charge on any atom is 0.254 e. The predicted octanol–water partition coefficient (Wildman–Crippen LogP) is 3.19. The van der Waals surface area contributed by atoms with E-state index in [2.05, 4.69) is 0 Å². The molecule has 7 heteroatoms. The molecule has 1 aromatic carbocycles. The highest BCUT2D eigenvalue weighted by molar-refractivity contribution is 5.97. The fourth-order valence-corrected chi connectivity index (χ4v) is 3.72. The zero-order valence-corrected chi connectivity index (χ0v) is 17.8. The van der Waals surface area contributed by atoms with Crippen LogP contribution in [0.4, 0.5) is 0 Å². The van der Waals surface area contributed by atoms with E-state index in [1.54, 1.807) is 23.1 Å². The Morgan fingerprint density at radius 3 is 2.63 bits per heavy atom. The Morgan fingerprint density at radius 1 is 1.20 bits per heavy atom. The van der Waals surface area contributed by atoms with Crippen LogP contribution < -0.4 is 9.47 Å². The number of hydrogen-bond donors (Lipinski definition) is 0. The molecule has 0 saturated heterocycles. The van der Waals surface area contributed by atoms with Gasteiger partial charge in [0, 0.05) is 36.6 Å². The minimum atomic E-state index is -0.161. The number of amides is 2. The minimum Gasteiger partial charge on any atom is -0.454 e. The van der Waals surface area contributed by atoms with Gasteiger partial charge in [-0.25, -0.2) is 0 Å². The first-order chi connectivity index (χ1) is 14.5. The number of aromatic nitrogens is 1. The number of ether oxygens (including phenoxy) is 2. The van der Waals surface area contributed by atoms with E-state index in [4.69, 9.17) is 9.47 Å². The van der Waals surface area contributed by atoms with E-state index in [-0.39, 0.29) is 37.2 Å². The van der Waals surface area contributed by atoms with Gasteiger partial charge in [0.15, 0.2) is 11.5 Å². The van der Waals surface area contributed by atoms with Crippen molar-refractivity contribution in [3.8, 4) is 11.5 Å². The van der Waals surface area contributed by atoms with Crippen molar-refractivity contribution < 1.29 is 19.1 Å². The number of benzene rings is 1. The van der Waals surface area contributed by atoms with E-state index in [1.807, 2.05) is 48.7 Å².